The summed E-state index contributed by atoms with van der Waals surface area (Å²) in [4.78, 5) is 11.8. The van der Waals surface area contributed by atoms with E-state index < -0.39 is 11.4 Å². The number of benzene rings is 1. The quantitative estimate of drug-likeness (QED) is 0.785. The molecule has 0 radical (unpaired) electrons. The van der Waals surface area contributed by atoms with E-state index in [1.165, 1.54) is 34.9 Å². The molecule has 0 saturated carbocycles. The Morgan fingerprint density at radius 2 is 1.95 bits per heavy atom. The first-order chi connectivity index (χ1) is 9.56. The molecule has 1 aromatic heterocycles. The zero-order valence-electron chi connectivity index (χ0n) is 10.8. The summed E-state index contributed by atoms with van der Waals surface area (Å²) in [5.41, 5.74) is 11.2. The fourth-order valence-electron chi connectivity index (χ4n) is 1.55. The molecule has 0 fully saturated rings. The lowest BCUT2D eigenvalue weighted by Crippen LogP contribution is -2.51. The molecule has 1 amide bonds. The van der Waals surface area contributed by atoms with Crippen molar-refractivity contribution in [2.75, 3.05) is 12.0 Å². The highest BCUT2D eigenvalue weighted by atomic mass is 32.2. The van der Waals surface area contributed by atoms with Crippen molar-refractivity contribution in [3.05, 3.63) is 35.9 Å². The lowest BCUT2D eigenvalue weighted by atomic mass is 9.92. The Bertz CT molecular complexity index is 589. The minimum atomic E-state index is -1.21. The van der Waals surface area contributed by atoms with Gasteiger partial charge >= 0.3 is 0 Å². The van der Waals surface area contributed by atoms with Crippen molar-refractivity contribution < 1.29 is 4.79 Å². The highest BCUT2D eigenvalue weighted by molar-refractivity contribution is 8.03. The molecule has 1 unspecified atom stereocenters. The number of hydrogen-bond donors (Lipinski definition) is 2. The van der Waals surface area contributed by atoms with Crippen LogP contribution in [0, 0.1) is 0 Å². The first-order valence-electron chi connectivity index (χ1n) is 5.71. The summed E-state index contributed by atoms with van der Waals surface area (Å²) in [6.07, 6.45) is 1.94. The van der Waals surface area contributed by atoms with Crippen molar-refractivity contribution >= 4 is 40.8 Å². The molecule has 2 rings (SSSR count). The van der Waals surface area contributed by atoms with Crippen LogP contribution < -0.4 is 11.5 Å². The average Bonchev–Trinajstić information content (AvgIpc) is 2.93. The van der Waals surface area contributed by atoms with Gasteiger partial charge in [-0.3, -0.25) is 4.79 Å². The Hall–Kier alpha value is -1.09. The molecule has 0 saturated heterocycles. The van der Waals surface area contributed by atoms with Gasteiger partial charge in [0.15, 0.2) is 8.68 Å². The maximum atomic E-state index is 11.8. The van der Waals surface area contributed by atoms with Gasteiger partial charge in [-0.25, -0.2) is 0 Å². The minimum absolute atomic E-state index is 0.329. The van der Waals surface area contributed by atoms with Crippen molar-refractivity contribution in [2.24, 2.45) is 11.5 Å². The third kappa shape index (κ3) is 3.32. The van der Waals surface area contributed by atoms with E-state index in [1.807, 2.05) is 24.5 Å². The van der Waals surface area contributed by atoms with E-state index in [9.17, 15) is 4.79 Å². The summed E-state index contributed by atoms with van der Waals surface area (Å²) >= 11 is 4.40. The number of rotatable bonds is 6. The molecule has 4 N–H and O–H groups in total. The number of nitrogens with two attached hydrogens (primary N) is 2. The van der Waals surface area contributed by atoms with Gasteiger partial charge in [0.25, 0.3) is 0 Å². The van der Waals surface area contributed by atoms with Gasteiger partial charge < -0.3 is 11.5 Å². The van der Waals surface area contributed by atoms with Crippen LogP contribution in [-0.4, -0.2) is 28.1 Å². The molecule has 1 atom stereocenters. The Labute approximate surface area is 129 Å². The highest BCUT2D eigenvalue weighted by Gasteiger charge is 2.34. The summed E-state index contributed by atoms with van der Waals surface area (Å²) in [5.74, 6) is -0.221. The molecule has 0 aliphatic heterocycles. The summed E-state index contributed by atoms with van der Waals surface area (Å²) in [7, 11) is 0. The molecule has 2 aromatic rings. The summed E-state index contributed by atoms with van der Waals surface area (Å²) < 4.78 is 1.66. The predicted octanol–water partition coefficient (Wildman–Crippen LogP) is 1.69. The van der Waals surface area contributed by atoms with Crippen molar-refractivity contribution in [3.8, 4) is 0 Å². The zero-order valence-corrected chi connectivity index (χ0v) is 13.2. The van der Waals surface area contributed by atoms with Gasteiger partial charge in [0, 0.05) is 5.75 Å². The van der Waals surface area contributed by atoms with Crippen LogP contribution in [0.2, 0.25) is 0 Å². The molecule has 8 heteroatoms. The summed E-state index contributed by atoms with van der Waals surface area (Å²) in [6, 6.07) is 9.15. The second-order valence-electron chi connectivity index (χ2n) is 4.03. The van der Waals surface area contributed by atoms with Crippen molar-refractivity contribution in [2.45, 2.75) is 14.2 Å². The van der Waals surface area contributed by atoms with E-state index in [0.717, 1.165) is 8.68 Å². The highest BCUT2D eigenvalue weighted by Crippen LogP contribution is 2.31. The van der Waals surface area contributed by atoms with Gasteiger partial charge in [-0.05, 0) is 11.8 Å². The Kier molecular flexibility index (Phi) is 5.03. The zero-order chi connectivity index (χ0) is 14.6. The van der Waals surface area contributed by atoms with E-state index in [4.69, 9.17) is 11.5 Å². The molecule has 0 bridgehead atoms. The second kappa shape index (κ2) is 6.57. The fraction of sp³-hybridized carbons (Fsp3) is 0.250. The van der Waals surface area contributed by atoms with Crippen LogP contribution in [0.5, 0.6) is 0 Å². The molecular formula is C12H14N4OS3. The first kappa shape index (κ1) is 15.3. The van der Waals surface area contributed by atoms with Crippen molar-refractivity contribution in [1.29, 1.82) is 0 Å². The normalized spacial score (nSPS) is 13.9. The van der Waals surface area contributed by atoms with Crippen LogP contribution in [0.25, 0.3) is 0 Å². The molecule has 1 heterocycles. The standard InChI is InChI=1S/C12H14N4OS3/c1-18-10-15-16-11(20-10)19-7-12(14,9(13)17)8-5-3-2-4-6-8/h2-6H,7,14H2,1H3,(H2,13,17). The molecule has 106 valence electrons. The number of hydrogen-bond acceptors (Lipinski definition) is 7. The predicted molar refractivity (Wildman–Crippen MR) is 83.9 cm³/mol. The van der Waals surface area contributed by atoms with E-state index in [0.29, 0.717) is 11.3 Å². The van der Waals surface area contributed by atoms with Crippen LogP contribution in [-0.2, 0) is 10.3 Å². The van der Waals surface area contributed by atoms with Gasteiger partial charge in [0.2, 0.25) is 5.91 Å². The average molecular weight is 326 g/mol. The number of carbonyl (C=O) groups excluding carboxylic acids is 1. The minimum Gasteiger partial charge on any atom is -0.368 e. The van der Waals surface area contributed by atoms with Gasteiger partial charge in [-0.1, -0.05) is 65.2 Å². The third-order valence-electron chi connectivity index (χ3n) is 2.71. The Morgan fingerprint density at radius 1 is 1.30 bits per heavy atom. The molecule has 5 nitrogen and oxygen atoms in total. The molecule has 0 aliphatic rings. The number of nitrogens with zero attached hydrogens (tertiary/aromatic N) is 2. The van der Waals surface area contributed by atoms with Crippen LogP contribution >= 0.6 is 34.9 Å². The summed E-state index contributed by atoms with van der Waals surface area (Å²) in [5, 5.41) is 8.05. The lowest BCUT2D eigenvalue weighted by Gasteiger charge is -2.25. The number of primary amides is 1. The maximum absolute atomic E-state index is 11.8. The SMILES string of the molecule is CSc1nnc(SCC(N)(C(N)=O)c2ccccc2)s1. The van der Waals surface area contributed by atoms with Gasteiger partial charge in [0.05, 0.1) is 0 Å². The van der Waals surface area contributed by atoms with Gasteiger partial charge in [-0.2, -0.15) is 0 Å². The second-order valence-corrected chi connectivity index (χ2v) is 7.28. The first-order valence-corrected chi connectivity index (χ1v) is 8.73. The van der Waals surface area contributed by atoms with Crippen LogP contribution in [0.3, 0.4) is 0 Å². The van der Waals surface area contributed by atoms with E-state index >= 15 is 0 Å². The number of amides is 1. The molecule has 0 aliphatic carbocycles. The molecule has 20 heavy (non-hydrogen) atoms. The molecule has 0 spiro atoms. The number of carbonyl (C=O) groups is 1. The van der Waals surface area contributed by atoms with Gasteiger partial charge in [-0.15, -0.1) is 10.2 Å². The van der Waals surface area contributed by atoms with E-state index in [1.54, 1.807) is 12.1 Å². The number of thioether (sulfide) groups is 2. The van der Waals surface area contributed by atoms with E-state index in [2.05, 4.69) is 10.2 Å². The van der Waals surface area contributed by atoms with Gasteiger partial charge in [0.1, 0.15) is 5.54 Å². The Morgan fingerprint density at radius 3 is 2.50 bits per heavy atom. The molecular weight excluding hydrogens is 312 g/mol. The molecule has 1 aromatic carbocycles. The van der Waals surface area contributed by atoms with Crippen LogP contribution in [0.1, 0.15) is 5.56 Å². The van der Waals surface area contributed by atoms with Crippen molar-refractivity contribution in [3.63, 3.8) is 0 Å². The largest absolute Gasteiger partial charge is 0.368 e. The number of aromatic nitrogens is 2. The topological polar surface area (TPSA) is 94.9 Å². The van der Waals surface area contributed by atoms with Crippen LogP contribution in [0.4, 0.5) is 0 Å². The smallest absolute Gasteiger partial charge is 0.243 e. The third-order valence-corrected chi connectivity index (χ3v) is 5.94. The van der Waals surface area contributed by atoms with Crippen molar-refractivity contribution in [1.82, 2.24) is 10.2 Å². The van der Waals surface area contributed by atoms with Crippen LogP contribution in [0.15, 0.2) is 39.0 Å². The summed E-state index contributed by atoms with van der Waals surface area (Å²) in [6.45, 7) is 0. The fourth-order valence-corrected chi connectivity index (χ4v) is 4.12. The van der Waals surface area contributed by atoms with E-state index in [-0.39, 0.29) is 0 Å². The Balaban J connectivity index is 2.16. The lowest BCUT2D eigenvalue weighted by molar-refractivity contribution is -0.122. The maximum Gasteiger partial charge on any atom is 0.243 e. The monoisotopic (exact) mass is 326 g/mol.